The average molecular weight is 287 g/mol. The van der Waals surface area contributed by atoms with Crippen molar-refractivity contribution in [2.24, 2.45) is 0 Å². The molecule has 20 heavy (non-hydrogen) atoms. The number of carboxylic acids is 1. The molecule has 0 radical (unpaired) electrons. The molecule has 1 atom stereocenters. The number of hydrogen-bond acceptors (Lipinski definition) is 3. The van der Waals surface area contributed by atoms with Crippen LogP contribution < -0.4 is 5.32 Å². The van der Waals surface area contributed by atoms with Gasteiger partial charge in [-0.1, -0.05) is 0 Å². The normalized spacial score (nSPS) is 11.9. The van der Waals surface area contributed by atoms with Crippen molar-refractivity contribution >= 4 is 11.9 Å². The predicted octanol–water partition coefficient (Wildman–Crippen LogP) is 1.57. The summed E-state index contributed by atoms with van der Waals surface area (Å²) in [5.74, 6) is -3.86. The zero-order chi connectivity index (χ0) is 15.1. The van der Waals surface area contributed by atoms with E-state index in [-0.39, 0.29) is 12.0 Å². The van der Waals surface area contributed by atoms with Gasteiger partial charge >= 0.3 is 5.97 Å². The Kier molecular flexibility index (Phi) is 6.05. The van der Waals surface area contributed by atoms with Crippen molar-refractivity contribution in [1.29, 1.82) is 0 Å². The maximum absolute atomic E-state index is 13.0. The number of rotatable bonds is 7. The number of ether oxygens (including phenoxy) is 1. The maximum Gasteiger partial charge on any atom is 0.326 e. The minimum Gasteiger partial charge on any atom is -0.480 e. The molecule has 0 fully saturated rings. The summed E-state index contributed by atoms with van der Waals surface area (Å²) >= 11 is 0. The third-order valence-electron chi connectivity index (χ3n) is 2.57. The highest BCUT2D eigenvalue weighted by molar-refractivity contribution is 5.96. The van der Waals surface area contributed by atoms with Gasteiger partial charge in [-0.05, 0) is 25.0 Å². The Morgan fingerprint density at radius 1 is 1.30 bits per heavy atom. The Hall–Kier alpha value is -2.02. The number of halogens is 2. The van der Waals surface area contributed by atoms with Crippen molar-refractivity contribution in [3.63, 3.8) is 0 Å². The number of methoxy groups -OCH3 is 1. The van der Waals surface area contributed by atoms with Crippen LogP contribution in [0.1, 0.15) is 23.2 Å². The molecule has 1 rings (SSSR count). The molecule has 110 valence electrons. The van der Waals surface area contributed by atoms with Crippen LogP contribution in [0.5, 0.6) is 0 Å². The number of carbonyl (C=O) groups is 2. The molecule has 0 aliphatic heterocycles. The molecule has 1 aromatic rings. The van der Waals surface area contributed by atoms with E-state index in [2.05, 4.69) is 5.32 Å². The summed E-state index contributed by atoms with van der Waals surface area (Å²) in [6.45, 7) is 0.355. The van der Waals surface area contributed by atoms with Crippen molar-refractivity contribution < 1.29 is 28.2 Å². The summed E-state index contributed by atoms with van der Waals surface area (Å²) in [4.78, 5) is 22.7. The fourth-order valence-electron chi connectivity index (χ4n) is 1.62. The number of carboxylic acid groups (broad SMARTS) is 1. The van der Waals surface area contributed by atoms with Gasteiger partial charge in [0.25, 0.3) is 5.91 Å². The first-order valence-electron chi connectivity index (χ1n) is 5.92. The summed E-state index contributed by atoms with van der Waals surface area (Å²) < 4.78 is 30.7. The van der Waals surface area contributed by atoms with E-state index in [0.29, 0.717) is 19.1 Å². The lowest BCUT2D eigenvalue weighted by Gasteiger charge is -2.14. The minimum absolute atomic E-state index is 0.159. The summed E-state index contributed by atoms with van der Waals surface area (Å²) in [5, 5.41) is 11.2. The van der Waals surface area contributed by atoms with E-state index >= 15 is 0 Å². The molecule has 0 saturated carbocycles. The highest BCUT2D eigenvalue weighted by Crippen LogP contribution is 2.09. The Morgan fingerprint density at radius 2 is 1.90 bits per heavy atom. The summed E-state index contributed by atoms with van der Waals surface area (Å²) in [6.07, 6.45) is 0.595. The van der Waals surface area contributed by atoms with Crippen molar-refractivity contribution in [2.45, 2.75) is 18.9 Å². The minimum atomic E-state index is -1.22. The van der Waals surface area contributed by atoms with Gasteiger partial charge in [-0.15, -0.1) is 0 Å². The van der Waals surface area contributed by atoms with Crippen molar-refractivity contribution in [2.75, 3.05) is 13.7 Å². The first kappa shape index (κ1) is 16.0. The van der Waals surface area contributed by atoms with Gasteiger partial charge in [-0.25, -0.2) is 13.6 Å². The quantitative estimate of drug-likeness (QED) is 0.746. The molecular formula is C13H15F2NO4. The van der Waals surface area contributed by atoms with Gasteiger partial charge in [-0.2, -0.15) is 0 Å². The van der Waals surface area contributed by atoms with Crippen LogP contribution in [-0.2, 0) is 9.53 Å². The van der Waals surface area contributed by atoms with Gasteiger partial charge in [0.05, 0.1) is 0 Å². The van der Waals surface area contributed by atoms with Crippen LogP contribution in [0.25, 0.3) is 0 Å². The second kappa shape index (κ2) is 7.54. The Labute approximate surface area is 114 Å². The maximum atomic E-state index is 13.0. The van der Waals surface area contributed by atoms with E-state index in [1.54, 1.807) is 0 Å². The third-order valence-corrected chi connectivity index (χ3v) is 2.57. The molecule has 1 aromatic carbocycles. The summed E-state index contributed by atoms with van der Waals surface area (Å²) in [5.41, 5.74) is -0.263. The van der Waals surface area contributed by atoms with Gasteiger partial charge in [0.15, 0.2) is 0 Å². The molecule has 0 aliphatic carbocycles. The number of aliphatic carboxylic acids is 1. The predicted molar refractivity (Wildman–Crippen MR) is 66.4 cm³/mol. The van der Waals surface area contributed by atoms with Crippen molar-refractivity contribution in [1.82, 2.24) is 5.32 Å². The highest BCUT2D eigenvalue weighted by Gasteiger charge is 2.20. The smallest absolute Gasteiger partial charge is 0.326 e. The zero-order valence-corrected chi connectivity index (χ0v) is 10.9. The number of amides is 1. The van der Waals surface area contributed by atoms with Gasteiger partial charge in [-0.3, -0.25) is 4.79 Å². The Balaban J connectivity index is 2.72. The van der Waals surface area contributed by atoms with Crippen LogP contribution in [0, 0.1) is 11.6 Å². The largest absolute Gasteiger partial charge is 0.480 e. The Morgan fingerprint density at radius 3 is 2.40 bits per heavy atom. The van der Waals surface area contributed by atoms with E-state index in [1.807, 2.05) is 0 Å². The van der Waals surface area contributed by atoms with Crippen LogP contribution in [0.2, 0.25) is 0 Å². The second-order valence-corrected chi connectivity index (χ2v) is 4.16. The SMILES string of the molecule is COCCCC(NC(=O)c1cc(F)cc(F)c1)C(=O)O. The first-order valence-corrected chi connectivity index (χ1v) is 5.92. The van der Waals surface area contributed by atoms with E-state index in [4.69, 9.17) is 9.84 Å². The fourth-order valence-corrected chi connectivity index (χ4v) is 1.62. The standard InChI is InChI=1S/C13H15F2NO4/c1-20-4-2-3-11(13(18)19)16-12(17)8-5-9(14)7-10(15)6-8/h5-7,11H,2-4H2,1H3,(H,16,17)(H,18,19). The topological polar surface area (TPSA) is 75.6 Å². The molecule has 7 heteroatoms. The highest BCUT2D eigenvalue weighted by atomic mass is 19.1. The van der Waals surface area contributed by atoms with Gasteiger partial charge in [0.2, 0.25) is 0 Å². The molecule has 2 N–H and O–H groups in total. The molecule has 1 unspecified atom stereocenters. The second-order valence-electron chi connectivity index (χ2n) is 4.16. The first-order chi connectivity index (χ1) is 9.43. The van der Waals surface area contributed by atoms with Gasteiger partial charge in [0, 0.05) is 25.3 Å². The molecule has 0 saturated heterocycles. The average Bonchev–Trinajstić information content (AvgIpc) is 2.36. The molecule has 5 nitrogen and oxygen atoms in total. The molecule has 0 aliphatic rings. The van der Waals surface area contributed by atoms with Gasteiger partial charge < -0.3 is 15.2 Å². The third kappa shape index (κ3) is 4.93. The zero-order valence-electron chi connectivity index (χ0n) is 10.9. The molecule has 0 heterocycles. The number of hydrogen-bond donors (Lipinski definition) is 2. The molecule has 0 spiro atoms. The van der Waals surface area contributed by atoms with Crippen LogP contribution in [0.15, 0.2) is 18.2 Å². The molecular weight excluding hydrogens is 272 g/mol. The van der Waals surface area contributed by atoms with Gasteiger partial charge in [0.1, 0.15) is 17.7 Å². The summed E-state index contributed by atoms with van der Waals surface area (Å²) in [6, 6.07) is 1.17. The number of carbonyl (C=O) groups excluding carboxylic acids is 1. The monoisotopic (exact) mass is 287 g/mol. The van der Waals surface area contributed by atoms with Crippen LogP contribution in [0.3, 0.4) is 0 Å². The van der Waals surface area contributed by atoms with Crippen LogP contribution in [0.4, 0.5) is 8.78 Å². The van der Waals surface area contributed by atoms with Crippen molar-refractivity contribution in [3.8, 4) is 0 Å². The molecule has 1 amide bonds. The fraction of sp³-hybridized carbons (Fsp3) is 0.385. The molecule has 0 aromatic heterocycles. The van der Waals surface area contributed by atoms with E-state index in [9.17, 15) is 18.4 Å². The molecule has 0 bridgehead atoms. The van der Waals surface area contributed by atoms with E-state index in [0.717, 1.165) is 12.1 Å². The lowest BCUT2D eigenvalue weighted by Crippen LogP contribution is -2.41. The van der Waals surface area contributed by atoms with E-state index in [1.165, 1.54) is 7.11 Å². The lowest BCUT2D eigenvalue weighted by molar-refractivity contribution is -0.139. The van der Waals surface area contributed by atoms with Crippen LogP contribution in [-0.4, -0.2) is 36.7 Å². The number of benzene rings is 1. The van der Waals surface area contributed by atoms with Crippen LogP contribution >= 0.6 is 0 Å². The van der Waals surface area contributed by atoms with Crippen molar-refractivity contribution in [3.05, 3.63) is 35.4 Å². The number of nitrogens with one attached hydrogen (secondary N) is 1. The van der Waals surface area contributed by atoms with E-state index < -0.39 is 29.6 Å². The lowest BCUT2D eigenvalue weighted by atomic mass is 10.1. The summed E-state index contributed by atoms with van der Waals surface area (Å²) in [7, 11) is 1.48. The Bertz CT molecular complexity index is 473.